The van der Waals surface area contributed by atoms with Crippen LogP contribution >= 0.6 is 15.9 Å². The van der Waals surface area contributed by atoms with Gasteiger partial charge in [0.1, 0.15) is 4.60 Å². The highest BCUT2D eigenvalue weighted by molar-refractivity contribution is 9.10. The molecule has 0 spiro atoms. The molecule has 5 nitrogen and oxygen atoms in total. The fraction of sp³-hybridized carbons (Fsp3) is 0.722. The van der Waals surface area contributed by atoms with E-state index in [9.17, 15) is 4.55 Å². The molecule has 150 valence electrons. The van der Waals surface area contributed by atoms with E-state index in [2.05, 4.69) is 61.8 Å². The molecular weight excluding hydrogens is 430 g/mol. The fourth-order valence-electron chi connectivity index (χ4n) is 2.46. The largest absolute Gasteiger partial charge is 0.598 e. The monoisotopic (exact) mass is 463 g/mol. The van der Waals surface area contributed by atoms with Crippen LogP contribution in [0.1, 0.15) is 54.2 Å². The quantitative estimate of drug-likeness (QED) is 0.462. The molecule has 1 heterocycles. The molecule has 0 bridgehead atoms. The van der Waals surface area contributed by atoms with Crippen molar-refractivity contribution < 1.29 is 8.98 Å². The molecule has 0 aromatic carbocycles. The van der Waals surface area contributed by atoms with Crippen LogP contribution in [0.2, 0.25) is 18.1 Å². The lowest BCUT2D eigenvalue weighted by Crippen LogP contribution is -2.44. The topological polar surface area (TPSA) is 76.1 Å². The van der Waals surface area contributed by atoms with E-state index in [-0.39, 0.29) is 11.1 Å². The van der Waals surface area contributed by atoms with Gasteiger partial charge < -0.3 is 8.98 Å². The van der Waals surface area contributed by atoms with Crippen molar-refractivity contribution in [1.82, 2.24) is 9.78 Å². The van der Waals surface area contributed by atoms with Gasteiger partial charge in [-0.1, -0.05) is 20.8 Å². The van der Waals surface area contributed by atoms with Crippen LogP contribution in [0.15, 0.2) is 16.7 Å². The second-order valence-corrected chi connectivity index (χ2v) is 16.2. The van der Waals surface area contributed by atoms with Gasteiger partial charge in [0.2, 0.25) is 0 Å². The maximum absolute atomic E-state index is 11.7. The number of hydrogen-bond acceptors (Lipinski definition) is 4. The van der Waals surface area contributed by atoms with Gasteiger partial charge in [-0.3, -0.25) is 4.68 Å². The van der Waals surface area contributed by atoms with Crippen LogP contribution in [0.4, 0.5) is 0 Å². The normalized spacial score (nSPS) is 16.7. The number of nitrogens with two attached hydrogens (primary N) is 1. The van der Waals surface area contributed by atoms with Crippen LogP contribution in [0.25, 0.3) is 5.57 Å². The molecule has 8 heteroatoms. The molecule has 2 N–H and O–H groups in total. The summed E-state index contributed by atoms with van der Waals surface area (Å²) < 4.78 is 20.3. The van der Waals surface area contributed by atoms with Crippen molar-refractivity contribution >= 4 is 41.2 Å². The predicted molar refractivity (Wildman–Crippen MR) is 118 cm³/mol. The average Bonchev–Trinajstić information content (AvgIpc) is 2.76. The highest BCUT2D eigenvalue weighted by Gasteiger charge is 2.38. The van der Waals surface area contributed by atoms with Crippen molar-refractivity contribution in [3.05, 3.63) is 22.4 Å². The molecule has 0 fully saturated rings. The molecule has 0 radical (unpaired) electrons. The van der Waals surface area contributed by atoms with E-state index in [1.807, 2.05) is 37.6 Å². The van der Waals surface area contributed by atoms with Gasteiger partial charge in [-0.15, -0.1) is 0 Å². The molecule has 0 saturated carbocycles. The Kier molecular flexibility index (Phi) is 7.81. The van der Waals surface area contributed by atoms with Crippen LogP contribution in [0.3, 0.4) is 0 Å². The molecule has 0 aliphatic carbocycles. The number of aromatic nitrogens is 2. The van der Waals surface area contributed by atoms with Gasteiger partial charge in [0.25, 0.3) is 0 Å². The third-order valence-corrected chi connectivity index (χ3v) is 11.1. The molecule has 0 aliphatic heterocycles. The summed E-state index contributed by atoms with van der Waals surface area (Å²) in [4.78, 5) is 0. The van der Waals surface area contributed by atoms with Gasteiger partial charge in [-0.05, 0) is 79.5 Å². The maximum Gasteiger partial charge on any atom is 0.192 e. The van der Waals surface area contributed by atoms with E-state index in [0.29, 0.717) is 6.54 Å². The van der Waals surface area contributed by atoms with Crippen LogP contribution in [-0.4, -0.2) is 33.5 Å². The lowest BCUT2D eigenvalue weighted by atomic mass is 10.1. The van der Waals surface area contributed by atoms with Gasteiger partial charge in [0, 0.05) is 11.4 Å². The summed E-state index contributed by atoms with van der Waals surface area (Å²) in [6, 6.07) is 1.97. The number of nitrogens with zero attached hydrogens (tertiary/aromatic N) is 2. The maximum atomic E-state index is 11.7. The third kappa shape index (κ3) is 6.20. The highest BCUT2D eigenvalue weighted by atomic mass is 79.9. The van der Waals surface area contributed by atoms with Gasteiger partial charge >= 0.3 is 0 Å². The van der Waals surface area contributed by atoms with Crippen LogP contribution < -0.4 is 5.14 Å². The third-order valence-electron chi connectivity index (χ3n) is 4.97. The first kappa shape index (κ1) is 23.9. The molecule has 1 rings (SSSR count). The van der Waals surface area contributed by atoms with E-state index >= 15 is 0 Å². The van der Waals surface area contributed by atoms with E-state index in [0.717, 1.165) is 15.9 Å². The minimum absolute atomic E-state index is 0.0471. The van der Waals surface area contributed by atoms with Crippen LogP contribution in [0.5, 0.6) is 0 Å². The predicted octanol–water partition coefficient (Wildman–Crippen LogP) is 4.86. The van der Waals surface area contributed by atoms with Crippen LogP contribution in [-0.2, 0) is 22.3 Å². The first-order valence-electron chi connectivity index (χ1n) is 8.84. The molecule has 1 aromatic heterocycles. The SMILES string of the molecule is CC(=CC(C)(C)[S@+](N)[O-])c1cc(Br)nn1CC(C)O[Si](C)(C)C(C)(C)C. The van der Waals surface area contributed by atoms with Crippen molar-refractivity contribution in [2.24, 2.45) is 5.14 Å². The van der Waals surface area contributed by atoms with Gasteiger partial charge in [-0.25, -0.2) is 0 Å². The Hall–Kier alpha value is -0.123. The first-order chi connectivity index (χ1) is 11.6. The summed E-state index contributed by atoms with van der Waals surface area (Å²) >= 11 is 2.03. The van der Waals surface area contributed by atoms with Gasteiger partial charge in [0.15, 0.2) is 13.1 Å². The van der Waals surface area contributed by atoms with Crippen molar-refractivity contribution in [1.29, 1.82) is 0 Å². The first-order valence-corrected chi connectivity index (χ1v) is 13.8. The molecule has 1 unspecified atom stereocenters. The molecule has 1 aromatic rings. The van der Waals surface area contributed by atoms with Crippen molar-refractivity contribution in [3.63, 3.8) is 0 Å². The van der Waals surface area contributed by atoms with E-state index in [1.54, 1.807) is 0 Å². The lowest BCUT2D eigenvalue weighted by molar-refractivity contribution is 0.173. The second kappa shape index (κ2) is 8.49. The molecule has 26 heavy (non-hydrogen) atoms. The average molecular weight is 465 g/mol. The zero-order valence-corrected chi connectivity index (χ0v) is 20.9. The smallest absolute Gasteiger partial charge is 0.192 e. The zero-order valence-electron chi connectivity index (χ0n) is 17.5. The Morgan fingerprint density at radius 2 is 1.96 bits per heavy atom. The Morgan fingerprint density at radius 3 is 2.42 bits per heavy atom. The number of halogens is 1. The van der Waals surface area contributed by atoms with E-state index in [1.165, 1.54) is 0 Å². The van der Waals surface area contributed by atoms with Crippen LogP contribution in [0, 0.1) is 0 Å². The van der Waals surface area contributed by atoms with Gasteiger partial charge in [-0.2, -0.15) is 10.2 Å². The molecule has 0 saturated heterocycles. The summed E-state index contributed by atoms with van der Waals surface area (Å²) in [6.45, 7) is 19.7. The number of allylic oxidation sites excluding steroid dienone is 1. The number of hydrogen-bond donors (Lipinski definition) is 1. The highest BCUT2D eigenvalue weighted by Crippen LogP contribution is 2.37. The lowest BCUT2D eigenvalue weighted by Gasteiger charge is -2.38. The minimum atomic E-state index is -1.84. The van der Waals surface area contributed by atoms with E-state index in [4.69, 9.17) is 9.56 Å². The molecule has 0 amide bonds. The molecule has 2 atom stereocenters. The summed E-state index contributed by atoms with van der Waals surface area (Å²) in [5, 5.41) is 10.3. The Bertz CT molecular complexity index is 651. The second-order valence-electron chi connectivity index (χ2n) is 8.95. The minimum Gasteiger partial charge on any atom is -0.598 e. The standard InChI is InChI=1S/C18H34BrN3O2SSi/c1-13(11-18(6,7)25(20)23)15-10-16(19)21-22(15)12-14(2)24-26(8,9)17(3,4)5/h10-11,14H,12,20H2,1-9H3/t14?,25-/m1/s1. The fourth-order valence-corrected chi connectivity index (χ4v) is 4.59. The number of rotatable bonds is 7. The summed E-state index contributed by atoms with van der Waals surface area (Å²) in [5.74, 6) is 0. The van der Waals surface area contributed by atoms with Crippen molar-refractivity contribution in [3.8, 4) is 0 Å². The summed E-state index contributed by atoms with van der Waals surface area (Å²) in [7, 11) is -1.84. The Balaban J connectivity index is 3.05. The van der Waals surface area contributed by atoms with Crippen molar-refractivity contribution in [2.45, 2.75) is 84.0 Å². The Morgan fingerprint density at radius 1 is 1.42 bits per heavy atom. The molecule has 0 aliphatic rings. The summed E-state index contributed by atoms with van der Waals surface area (Å²) in [6.07, 6.45) is 1.99. The zero-order chi connectivity index (χ0) is 20.5. The Labute approximate surface area is 171 Å². The van der Waals surface area contributed by atoms with Crippen molar-refractivity contribution in [2.75, 3.05) is 0 Å². The summed E-state index contributed by atoms with van der Waals surface area (Å²) in [5.41, 5.74) is 1.97. The molecular formula is C18H34BrN3O2SSi. The van der Waals surface area contributed by atoms with E-state index < -0.39 is 24.4 Å². The van der Waals surface area contributed by atoms with Gasteiger partial charge in [0.05, 0.1) is 18.3 Å².